The molecule has 1 amide bonds. The number of halogens is 2. The zero-order valence-electron chi connectivity index (χ0n) is 23.0. The highest BCUT2D eigenvalue weighted by Gasteiger charge is 2.13. The molecule has 44 heavy (non-hydrogen) atoms. The molecule has 1 heterocycles. The number of ether oxygens (including phenoxy) is 2. The molecule has 5 aromatic rings. The number of hydrogen-bond acceptors (Lipinski definition) is 9. The van der Waals surface area contributed by atoms with Crippen LogP contribution >= 0.6 is 38.9 Å². The first kappa shape index (κ1) is 30.7. The highest BCUT2D eigenvalue weighted by atomic mass is 79.9. The summed E-state index contributed by atoms with van der Waals surface area (Å²) in [5.74, 6) is 0.531. The Bertz CT molecular complexity index is 1810. The van der Waals surface area contributed by atoms with Crippen molar-refractivity contribution in [2.75, 3.05) is 12.4 Å². The van der Waals surface area contributed by atoms with Gasteiger partial charge >= 0.3 is 0 Å². The van der Waals surface area contributed by atoms with Gasteiger partial charge in [-0.25, -0.2) is 10.4 Å². The summed E-state index contributed by atoms with van der Waals surface area (Å²) in [6.07, 6.45) is 1.49. The predicted octanol–water partition coefficient (Wildman–Crippen LogP) is 8.23. The summed E-state index contributed by atoms with van der Waals surface area (Å²) in [5.41, 5.74) is 6.94. The molecule has 222 valence electrons. The molecule has 0 spiro atoms. The van der Waals surface area contributed by atoms with Gasteiger partial charge in [0.2, 0.25) is 0 Å². The van der Waals surface area contributed by atoms with Crippen LogP contribution in [0.1, 0.15) is 21.5 Å². The number of benzene rings is 4. The third kappa shape index (κ3) is 7.78. The van der Waals surface area contributed by atoms with Crippen LogP contribution in [0.5, 0.6) is 11.5 Å². The lowest BCUT2D eigenvalue weighted by Gasteiger charge is -2.13. The third-order valence-corrected chi connectivity index (χ3v) is 7.80. The summed E-state index contributed by atoms with van der Waals surface area (Å²) in [5, 5.41) is 21.5. The van der Waals surface area contributed by atoms with Crippen molar-refractivity contribution in [3.05, 3.63) is 127 Å². The molecular weight excluding hydrogens is 670 g/mol. The standard InChI is InChI=1S/C31H23BrClN5O5S/c1-42-28-15-20(14-26(32)29(28)43-17-19-2-12-25(13-3-19)38(40)41)16-34-37-30(39)22-6-4-21(5-7-22)27-18-44-31(36-27)35-24-10-8-23(33)9-11-24/h2-16,18H,17H2,1H3,(H,35,36)(H,37,39)/b34-16-. The fraction of sp³-hybridized carbons (Fsp3) is 0.0645. The number of carbonyl (C=O) groups is 1. The number of hydrazone groups is 1. The van der Waals surface area contributed by atoms with Crippen molar-refractivity contribution in [2.24, 2.45) is 5.10 Å². The van der Waals surface area contributed by atoms with Gasteiger partial charge in [-0.2, -0.15) is 5.10 Å². The van der Waals surface area contributed by atoms with Crippen LogP contribution in [-0.2, 0) is 6.61 Å². The summed E-state index contributed by atoms with van der Waals surface area (Å²) in [6.45, 7) is 0.180. The number of non-ortho nitro benzene ring substituents is 1. The number of nitrogens with zero attached hydrogens (tertiary/aromatic N) is 3. The van der Waals surface area contributed by atoms with Gasteiger partial charge in [-0.3, -0.25) is 14.9 Å². The second-order valence-electron chi connectivity index (χ2n) is 9.19. The van der Waals surface area contributed by atoms with Gasteiger partial charge in [-0.1, -0.05) is 23.7 Å². The highest BCUT2D eigenvalue weighted by Crippen LogP contribution is 2.37. The lowest BCUT2D eigenvalue weighted by molar-refractivity contribution is -0.384. The van der Waals surface area contributed by atoms with E-state index in [0.717, 1.165) is 27.6 Å². The molecule has 0 bridgehead atoms. The van der Waals surface area contributed by atoms with E-state index in [4.69, 9.17) is 21.1 Å². The number of nitrogens with one attached hydrogen (secondary N) is 2. The second-order valence-corrected chi connectivity index (χ2v) is 11.3. The maximum absolute atomic E-state index is 12.7. The molecule has 5 rings (SSSR count). The molecule has 0 aliphatic rings. The molecule has 2 N–H and O–H groups in total. The fourth-order valence-electron chi connectivity index (χ4n) is 3.97. The first-order valence-corrected chi connectivity index (χ1v) is 15.0. The van der Waals surface area contributed by atoms with Gasteiger partial charge in [-0.15, -0.1) is 11.3 Å². The van der Waals surface area contributed by atoms with Crippen LogP contribution in [-0.4, -0.2) is 29.1 Å². The van der Waals surface area contributed by atoms with E-state index in [1.807, 2.05) is 41.8 Å². The van der Waals surface area contributed by atoms with E-state index >= 15 is 0 Å². The van der Waals surface area contributed by atoms with Crippen molar-refractivity contribution in [3.8, 4) is 22.8 Å². The minimum atomic E-state index is -0.454. The van der Waals surface area contributed by atoms with Crippen LogP contribution in [0, 0.1) is 10.1 Å². The van der Waals surface area contributed by atoms with Crippen LogP contribution in [0.15, 0.2) is 99.9 Å². The number of aromatic nitrogens is 1. The van der Waals surface area contributed by atoms with E-state index < -0.39 is 4.92 Å². The maximum atomic E-state index is 12.7. The zero-order valence-corrected chi connectivity index (χ0v) is 26.2. The fourth-order valence-corrected chi connectivity index (χ4v) is 5.41. The molecule has 4 aromatic carbocycles. The quantitative estimate of drug-likeness (QED) is 0.0811. The molecule has 1 aromatic heterocycles. The number of carbonyl (C=O) groups excluding carboxylic acids is 1. The van der Waals surface area contributed by atoms with Gasteiger partial charge in [0.1, 0.15) is 6.61 Å². The number of methoxy groups -OCH3 is 1. The van der Waals surface area contributed by atoms with Crippen molar-refractivity contribution in [1.82, 2.24) is 10.4 Å². The monoisotopic (exact) mass is 691 g/mol. The number of nitro benzene ring substituents is 1. The summed E-state index contributed by atoms with van der Waals surface area (Å²) in [7, 11) is 1.51. The van der Waals surface area contributed by atoms with E-state index in [9.17, 15) is 14.9 Å². The maximum Gasteiger partial charge on any atom is 0.271 e. The molecular formula is C31H23BrClN5O5S. The van der Waals surface area contributed by atoms with E-state index in [1.165, 1.54) is 36.8 Å². The molecule has 0 unspecified atom stereocenters. The zero-order chi connectivity index (χ0) is 31.1. The molecule has 0 aliphatic carbocycles. The molecule has 10 nitrogen and oxygen atoms in total. The van der Waals surface area contributed by atoms with Crippen LogP contribution in [0.4, 0.5) is 16.5 Å². The van der Waals surface area contributed by atoms with E-state index in [2.05, 4.69) is 36.8 Å². The van der Waals surface area contributed by atoms with Crippen LogP contribution in [0.25, 0.3) is 11.3 Å². The van der Waals surface area contributed by atoms with Crippen molar-refractivity contribution in [3.63, 3.8) is 0 Å². The SMILES string of the molecule is COc1cc(/C=N\NC(=O)c2ccc(-c3csc(Nc4ccc(Cl)cc4)n3)cc2)cc(Br)c1OCc1ccc([N+](=O)[O-])cc1. The van der Waals surface area contributed by atoms with E-state index in [1.54, 1.807) is 36.4 Å². The van der Waals surface area contributed by atoms with Gasteiger partial charge in [-0.05, 0) is 87.7 Å². The van der Waals surface area contributed by atoms with Crippen molar-refractivity contribution in [2.45, 2.75) is 6.61 Å². The summed E-state index contributed by atoms with van der Waals surface area (Å²) < 4.78 is 12.0. The lowest BCUT2D eigenvalue weighted by atomic mass is 10.1. The summed E-state index contributed by atoms with van der Waals surface area (Å²) in [6, 6.07) is 24.0. The molecule has 0 fully saturated rings. The Morgan fingerprint density at radius 2 is 1.82 bits per heavy atom. The Kier molecular flexibility index (Phi) is 9.85. The number of rotatable bonds is 11. The topological polar surface area (TPSA) is 128 Å². The van der Waals surface area contributed by atoms with Gasteiger partial charge in [0.15, 0.2) is 16.6 Å². The second kappa shape index (κ2) is 14.1. The first-order valence-electron chi connectivity index (χ1n) is 12.9. The Hall–Kier alpha value is -4.78. The lowest BCUT2D eigenvalue weighted by Crippen LogP contribution is -2.17. The van der Waals surface area contributed by atoms with Crippen LogP contribution in [0.2, 0.25) is 5.02 Å². The predicted molar refractivity (Wildman–Crippen MR) is 175 cm³/mol. The summed E-state index contributed by atoms with van der Waals surface area (Å²) >= 11 is 10.9. The van der Waals surface area contributed by atoms with Crippen LogP contribution in [0.3, 0.4) is 0 Å². The molecule has 0 aliphatic heterocycles. The van der Waals surface area contributed by atoms with Gasteiger partial charge in [0.25, 0.3) is 11.6 Å². The normalized spacial score (nSPS) is 10.9. The summed E-state index contributed by atoms with van der Waals surface area (Å²) in [4.78, 5) is 27.7. The van der Waals surface area contributed by atoms with Crippen LogP contribution < -0.4 is 20.2 Å². The highest BCUT2D eigenvalue weighted by molar-refractivity contribution is 9.10. The molecule has 0 saturated carbocycles. The Morgan fingerprint density at radius 1 is 1.09 bits per heavy atom. The largest absolute Gasteiger partial charge is 0.493 e. The van der Waals surface area contributed by atoms with E-state index in [0.29, 0.717) is 32.1 Å². The van der Waals surface area contributed by atoms with Gasteiger partial charge in [0, 0.05) is 39.3 Å². The molecule has 0 saturated heterocycles. The average Bonchev–Trinajstić information content (AvgIpc) is 3.50. The van der Waals surface area contributed by atoms with Crippen molar-refractivity contribution >= 4 is 67.5 Å². The number of nitro groups is 1. The van der Waals surface area contributed by atoms with Crippen molar-refractivity contribution in [1.29, 1.82) is 0 Å². The smallest absolute Gasteiger partial charge is 0.271 e. The number of thiazole rings is 1. The Labute approximate surface area is 269 Å². The first-order chi connectivity index (χ1) is 21.3. The van der Waals surface area contributed by atoms with Crippen molar-refractivity contribution < 1.29 is 19.2 Å². The number of hydrogen-bond donors (Lipinski definition) is 2. The molecule has 0 radical (unpaired) electrons. The Balaban J connectivity index is 1.17. The van der Waals surface area contributed by atoms with Gasteiger partial charge < -0.3 is 14.8 Å². The number of amides is 1. The average molecular weight is 693 g/mol. The third-order valence-electron chi connectivity index (χ3n) is 6.20. The minimum absolute atomic E-state index is 0.00817. The van der Waals surface area contributed by atoms with E-state index in [-0.39, 0.29) is 18.2 Å². The molecule has 13 heteroatoms. The number of anilines is 2. The molecule has 0 atom stereocenters. The minimum Gasteiger partial charge on any atom is -0.493 e. The Morgan fingerprint density at radius 3 is 2.50 bits per heavy atom. The van der Waals surface area contributed by atoms with Gasteiger partial charge in [0.05, 0.1) is 28.4 Å².